The first-order valence-corrected chi connectivity index (χ1v) is 11.7. The second kappa shape index (κ2) is 5.08. The second-order valence-corrected chi connectivity index (χ2v) is 15.7. The SMILES string of the molecule is O=S([O-])[Se][Se]S(=O)[O-]. The average molecular weight is 286 g/mol. The maximum atomic E-state index is 9.67. The van der Waals surface area contributed by atoms with Crippen LogP contribution in [0.25, 0.3) is 0 Å². The van der Waals surface area contributed by atoms with Gasteiger partial charge in [-0.05, 0) is 0 Å². The van der Waals surface area contributed by atoms with Crippen molar-refractivity contribution in [2.75, 3.05) is 0 Å². The van der Waals surface area contributed by atoms with Gasteiger partial charge in [0.25, 0.3) is 0 Å². The van der Waals surface area contributed by atoms with Crippen LogP contribution < -0.4 is 0 Å². The number of rotatable bonds is 3. The third kappa shape index (κ3) is 7.26. The van der Waals surface area contributed by atoms with Crippen LogP contribution >= 0.6 is 0 Å². The van der Waals surface area contributed by atoms with Crippen LogP contribution in [-0.2, 0) is 19.0 Å². The molecule has 0 bridgehead atoms. The van der Waals surface area contributed by atoms with E-state index in [1.54, 1.807) is 0 Å². The Labute approximate surface area is 60.4 Å². The van der Waals surface area contributed by atoms with Crippen LogP contribution in [0.5, 0.6) is 0 Å². The molecule has 0 fully saturated rings. The Kier molecular flexibility index (Phi) is 5.88. The van der Waals surface area contributed by atoms with Crippen LogP contribution in [0, 0.1) is 0 Å². The van der Waals surface area contributed by atoms with Crippen LogP contribution in [0.15, 0.2) is 0 Å². The van der Waals surface area contributed by atoms with Crippen molar-refractivity contribution in [3.63, 3.8) is 0 Å². The molecular formula is O4S2Se2-2. The van der Waals surface area contributed by atoms with Gasteiger partial charge in [-0.2, -0.15) is 0 Å². The summed E-state index contributed by atoms with van der Waals surface area (Å²) < 4.78 is 38.7. The van der Waals surface area contributed by atoms with Gasteiger partial charge >= 0.3 is 60.5 Å². The molecule has 0 aliphatic carbocycles. The van der Waals surface area contributed by atoms with Crippen LogP contribution in [-0.4, -0.2) is 41.5 Å². The van der Waals surface area contributed by atoms with Crippen molar-refractivity contribution in [1.82, 2.24) is 0 Å². The number of hydrogen-bond donors (Lipinski definition) is 0. The van der Waals surface area contributed by atoms with E-state index in [9.17, 15) is 17.5 Å². The molecule has 0 saturated heterocycles. The van der Waals surface area contributed by atoms with E-state index in [0.717, 1.165) is 0 Å². The summed E-state index contributed by atoms with van der Waals surface area (Å²) >= 11 is -1.47. The van der Waals surface area contributed by atoms with E-state index < -0.39 is 43.0 Å². The molecule has 2 atom stereocenters. The summed E-state index contributed by atoms with van der Waals surface area (Å²) in [7, 11) is -4.28. The van der Waals surface area contributed by atoms with E-state index in [4.69, 9.17) is 0 Å². The Morgan fingerprint density at radius 1 is 1.00 bits per heavy atom. The zero-order chi connectivity index (χ0) is 6.57. The van der Waals surface area contributed by atoms with Crippen molar-refractivity contribution in [1.29, 1.82) is 0 Å². The molecule has 0 spiro atoms. The molecule has 50 valence electrons. The first-order chi connectivity index (χ1) is 3.63. The van der Waals surface area contributed by atoms with Gasteiger partial charge in [-0.3, -0.25) is 0 Å². The quantitative estimate of drug-likeness (QED) is 0.439. The van der Waals surface area contributed by atoms with Crippen molar-refractivity contribution in [2.45, 2.75) is 0 Å². The molecule has 8 heavy (non-hydrogen) atoms. The standard InChI is InChI=1S/H2O4S2Se2/c1-5(2)7-8-6(3)4/h(H,1,2)(H,3,4)/p-2. The summed E-state index contributed by atoms with van der Waals surface area (Å²) in [6.45, 7) is 0. The molecule has 0 aromatic carbocycles. The van der Waals surface area contributed by atoms with Crippen LogP contribution in [0.3, 0.4) is 0 Å². The van der Waals surface area contributed by atoms with Gasteiger partial charge in [0.2, 0.25) is 0 Å². The Morgan fingerprint density at radius 2 is 1.25 bits per heavy atom. The molecule has 4 nitrogen and oxygen atoms in total. The van der Waals surface area contributed by atoms with Crippen molar-refractivity contribution in [2.24, 2.45) is 0 Å². The van der Waals surface area contributed by atoms with Gasteiger partial charge in [-0.25, -0.2) is 0 Å². The predicted molar refractivity (Wildman–Crippen MR) is 29.3 cm³/mol. The summed E-state index contributed by atoms with van der Waals surface area (Å²) in [5, 5.41) is 0. The van der Waals surface area contributed by atoms with Crippen molar-refractivity contribution in [3.05, 3.63) is 0 Å². The van der Waals surface area contributed by atoms with E-state index >= 15 is 0 Å². The topological polar surface area (TPSA) is 80.3 Å². The Morgan fingerprint density at radius 3 is 1.38 bits per heavy atom. The molecule has 8 heteroatoms. The van der Waals surface area contributed by atoms with E-state index in [-0.39, 0.29) is 0 Å². The third-order valence-electron chi connectivity index (χ3n) is 0.139. The summed E-state index contributed by atoms with van der Waals surface area (Å²) in [6, 6.07) is 0. The van der Waals surface area contributed by atoms with Gasteiger partial charge in [0.15, 0.2) is 0 Å². The van der Waals surface area contributed by atoms with Gasteiger partial charge in [0.05, 0.1) is 0 Å². The van der Waals surface area contributed by atoms with Crippen LogP contribution in [0.2, 0.25) is 0 Å². The van der Waals surface area contributed by atoms with Crippen LogP contribution in [0.1, 0.15) is 0 Å². The molecular weight excluding hydrogens is 286 g/mol. The maximum absolute atomic E-state index is 9.67. The minimum absolute atomic E-state index is 0.736. The molecule has 2 unspecified atom stereocenters. The minimum atomic E-state index is -2.14. The molecule has 0 N–H and O–H groups in total. The van der Waals surface area contributed by atoms with Crippen molar-refractivity contribution >= 4 is 43.0 Å². The fourth-order valence-electron chi connectivity index (χ4n) is 0.0454. The van der Waals surface area contributed by atoms with E-state index in [1.807, 2.05) is 0 Å². The summed E-state index contributed by atoms with van der Waals surface area (Å²) in [6.07, 6.45) is 0. The number of hydrogen-bond acceptors (Lipinski definition) is 4. The van der Waals surface area contributed by atoms with Gasteiger partial charge in [0, 0.05) is 0 Å². The predicted octanol–water partition coefficient (Wildman–Crippen LogP) is -2.10. The molecule has 0 saturated carbocycles. The van der Waals surface area contributed by atoms with E-state index in [0.29, 0.717) is 0 Å². The normalized spacial score (nSPS) is 17.8. The third-order valence-corrected chi connectivity index (χ3v) is 15.7. The van der Waals surface area contributed by atoms with E-state index in [1.165, 1.54) is 0 Å². The summed E-state index contributed by atoms with van der Waals surface area (Å²) in [5.74, 6) is 0. The average Bonchev–Trinajstić information content (AvgIpc) is 1.61. The van der Waals surface area contributed by atoms with Gasteiger partial charge < -0.3 is 0 Å². The van der Waals surface area contributed by atoms with Gasteiger partial charge in [-0.15, -0.1) is 0 Å². The molecule has 0 rings (SSSR count). The molecule has 0 aliphatic rings. The van der Waals surface area contributed by atoms with Gasteiger partial charge in [0.1, 0.15) is 0 Å². The van der Waals surface area contributed by atoms with E-state index in [2.05, 4.69) is 0 Å². The Hall–Kier alpha value is 1.26. The van der Waals surface area contributed by atoms with Gasteiger partial charge in [-0.1, -0.05) is 0 Å². The molecule has 0 amide bonds. The summed E-state index contributed by atoms with van der Waals surface area (Å²) in [4.78, 5) is 0. The summed E-state index contributed by atoms with van der Waals surface area (Å²) in [5.41, 5.74) is 0. The van der Waals surface area contributed by atoms with Crippen molar-refractivity contribution in [3.8, 4) is 0 Å². The van der Waals surface area contributed by atoms with Crippen LogP contribution in [0.4, 0.5) is 0 Å². The zero-order valence-corrected chi connectivity index (χ0v) is 8.33. The molecule has 0 heterocycles. The first kappa shape index (κ1) is 9.26. The Bertz CT molecular complexity index is 96.6. The monoisotopic (exact) mass is 288 g/mol. The fourth-order valence-corrected chi connectivity index (χ4v) is 11.0. The first-order valence-electron chi connectivity index (χ1n) is 1.17. The van der Waals surface area contributed by atoms with Crippen molar-refractivity contribution < 1.29 is 17.5 Å². The molecule has 0 aliphatic heterocycles. The second-order valence-electron chi connectivity index (χ2n) is 0.544. The fraction of sp³-hybridized carbons (Fsp3) is 0. The Balaban J connectivity index is 3.18. The molecule has 0 aromatic heterocycles. The zero-order valence-electron chi connectivity index (χ0n) is 3.27. The molecule has 0 aromatic rings. The molecule has 0 radical (unpaired) electrons.